The van der Waals surface area contributed by atoms with Crippen molar-refractivity contribution in [3.8, 4) is 22.3 Å². The van der Waals surface area contributed by atoms with Crippen LogP contribution in [0.15, 0.2) is 107 Å². The molecule has 2 heterocycles. The van der Waals surface area contributed by atoms with Gasteiger partial charge in [0, 0.05) is 38.6 Å². The molecule has 2 heteroatoms. The van der Waals surface area contributed by atoms with Crippen LogP contribution >= 0.6 is 10.0 Å². The molecule has 0 saturated carbocycles. The van der Waals surface area contributed by atoms with Crippen molar-refractivity contribution in [2.45, 2.75) is 9.79 Å². The van der Waals surface area contributed by atoms with Crippen molar-refractivity contribution in [3.63, 3.8) is 0 Å². The molecule has 0 amide bonds. The summed E-state index contributed by atoms with van der Waals surface area (Å²) >= 11 is 0. The summed E-state index contributed by atoms with van der Waals surface area (Å²) in [4.78, 5) is 3.01. The molecule has 0 fully saturated rings. The van der Waals surface area contributed by atoms with Gasteiger partial charge in [0.05, 0.1) is 0 Å². The van der Waals surface area contributed by atoms with Gasteiger partial charge in [-0.2, -0.15) is 10.0 Å². The number of hydrogen-bond donors (Lipinski definition) is 0. The summed E-state index contributed by atoms with van der Waals surface area (Å²) in [6, 6.07) is 36.2. The first kappa shape index (κ1) is 19.0. The number of hydrogen-bond acceptors (Lipinski definition) is 0. The van der Waals surface area contributed by atoms with E-state index in [4.69, 9.17) is 0 Å². The van der Waals surface area contributed by atoms with Crippen LogP contribution in [0.1, 0.15) is 0 Å². The van der Waals surface area contributed by atoms with Gasteiger partial charge in [-0.05, 0) is 69.8 Å². The van der Waals surface area contributed by atoms with E-state index >= 15 is 0 Å². The van der Waals surface area contributed by atoms with E-state index in [9.17, 15) is 0 Å². The van der Waals surface area contributed by atoms with Gasteiger partial charge in [-0.3, -0.25) is 0 Å². The molecular formula is C31H25NS. The number of nitrogens with zero attached hydrogens (tertiary/aromatic N) is 1. The van der Waals surface area contributed by atoms with Crippen LogP contribution in [0.5, 0.6) is 0 Å². The maximum Gasteiger partial charge on any atom is 0.0495 e. The van der Waals surface area contributed by atoms with Crippen molar-refractivity contribution < 1.29 is 0 Å². The third-order valence-electron chi connectivity index (χ3n) is 7.49. The molecule has 1 aromatic heterocycles. The van der Waals surface area contributed by atoms with Crippen LogP contribution in [0, 0.1) is 0 Å². The monoisotopic (exact) mass is 443 g/mol. The van der Waals surface area contributed by atoms with Crippen LogP contribution in [0.2, 0.25) is 0 Å². The largest absolute Gasteiger partial charge is 0.344 e. The van der Waals surface area contributed by atoms with E-state index in [2.05, 4.69) is 121 Å². The fourth-order valence-corrected chi connectivity index (χ4v) is 8.38. The Balaban J connectivity index is 1.57. The molecule has 1 nitrogen and oxygen atoms in total. The highest BCUT2D eigenvalue weighted by Crippen LogP contribution is 2.67. The summed E-state index contributed by atoms with van der Waals surface area (Å²) in [5.41, 5.74) is 8.03. The zero-order valence-corrected chi connectivity index (χ0v) is 19.9. The number of aromatic nitrogens is 1. The molecule has 0 atom stereocenters. The first-order chi connectivity index (χ1) is 16.1. The molecule has 7 rings (SSSR count). The van der Waals surface area contributed by atoms with E-state index in [0.717, 1.165) is 0 Å². The molecule has 0 unspecified atom stereocenters. The van der Waals surface area contributed by atoms with Gasteiger partial charge in [0.25, 0.3) is 0 Å². The van der Waals surface area contributed by atoms with Crippen molar-refractivity contribution in [3.05, 3.63) is 97.1 Å². The highest BCUT2D eigenvalue weighted by Gasteiger charge is 2.31. The fourth-order valence-electron chi connectivity index (χ4n) is 5.84. The lowest BCUT2D eigenvalue weighted by Crippen LogP contribution is -1.93. The Kier molecular flexibility index (Phi) is 3.76. The molecule has 0 saturated heterocycles. The SMILES string of the molecule is Cn1c2cccc(-c3ccc4c(c3)S(C)(C)c3ccccc3-4)c2c2c3ccccc3ccc21. The van der Waals surface area contributed by atoms with Crippen molar-refractivity contribution >= 4 is 42.6 Å². The molecule has 33 heavy (non-hydrogen) atoms. The summed E-state index contributed by atoms with van der Waals surface area (Å²) in [6.07, 6.45) is 4.88. The highest BCUT2D eigenvalue weighted by molar-refractivity contribution is 8.33. The predicted molar refractivity (Wildman–Crippen MR) is 145 cm³/mol. The van der Waals surface area contributed by atoms with Crippen molar-refractivity contribution in [1.82, 2.24) is 4.57 Å². The van der Waals surface area contributed by atoms with Gasteiger partial charge in [0.15, 0.2) is 0 Å². The van der Waals surface area contributed by atoms with Crippen LogP contribution in [-0.2, 0) is 7.05 Å². The van der Waals surface area contributed by atoms with E-state index in [1.165, 1.54) is 64.6 Å². The maximum absolute atomic E-state index is 2.48. The molecule has 0 aliphatic carbocycles. The minimum atomic E-state index is -1.03. The van der Waals surface area contributed by atoms with E-state index < -0.39 is 10.0 Å². The molecule has 1 aliphatic heterocycles. The van der Waals surface area contributed by atoms with Gasteiger partial charge in [-0.15, -0.1) is 0 Å². The normalized spacial score (nSPS) is 15.1. The van der Waals surface area contributed by atoms with E-state index in [1.54, 1.807) is 0 Å². The summed E-state index contributed by atoms with van der Waals surface area (Å²) in [5, 5.41) is 5.33. The average molecular weight is 444 g/mol. The highest BCUT2D eigenvalue weighted by atomic mass is 32.3. The lowest BCUT2D eigenvalue weighted by atomic mass is 9.95. The van der Waals surface area contributed by atoms with Crippen molar-refractivity contribution in [2.75, 3.05) is 12.5 Å². The quantitative estimate of drug-likeness (QED) is 0.240. The third-order valence-corrected chi connectivity index (χ3v) is 10.4. The molecule has 160 valence electrons. The van der Waals surface area contributed by atoms with Crippen molar-refractivity contribution in [2.24, 2.45) is 7.05 Å². The van der Waals surface area contributed by atoms with E-state index in [-0.39, 0.29) is 0 Å². The lowest BCUT2D eigenvalue weighted by Gasteiger charge is -2.28. The van der Waals surface area contributed by atoms with E-state index in [0.29, 0.717) is 0 Å². The van der Waals surface area contributed by atoms with Gasteiger partial charge in [-0.1, -0.05) is 72.8 Å². The number of benzene rings is 5. The first-order valence-electron chi connectivity index (χ1n) is 11.4. The molecule has 0 bridgehead atoms. The molecule has 0 radical (unpaired) electrons. The second-order valence-corrected chi connectivity index (χ2v) is 13.0. The van der Waals surface area contributed by atoms with Gasteiger partial charge in [-0.25, -0.2) is 0 Å². The van der Waals surface area contributed by atoms with Crippen molar-refractivity contribution in [1.29, 1.82) is 0 Å². The Morgan fingerprint density at radius 2 is 1.30 bits per heavy atom. The molecule has 6 aromatic rings. The Bertz CT molecular complexity index is 1750. The lowest BCUT2D eigenvalue weighted by molar-refractivity contribution is 1.01. The minimum Gasteiger partial charge on any atom is -0.344 e. The Morgan fingerprint density at radius 3 is 2.21 bits per heavy atom. The zero-order valence-electron chi connectivity index (χ0n) is 19.1. The summed E-state index contributed by atoms with van der Waals surface area (Å²) < 4.78 is 2.35. The predicted octanol–water partition coefficient (Wildman–Crippen LogP) is 8.61. The molecule has 1 aliphatic rings. The van der Waals surface area contributed by atoms with Crippen LogP contribution in [-0.4, -0.2) is 17.1 Å². The fraction of sp³-hybridized carbons (Fsp3) is 0.0968. The van der Waals surface area contributed by atoms with E-state index in [1.807, 2.05) is 0 Å². The molecular weight excluding hydrogens is 418 g/mol. The third kappa shape index (κ3) is 2.45. The first-order valence-corrected chi connectivity index (χ1v) is 13.9. The van der Waals surface area contributed by atoms with Gasteiger partial charge in [0.2, 0.25) is 0 Å². The molecule has 0 spiro atoms. The maximum atomic E-state index is 2.48. The Morgan fingerprint density at radius 1 is 0.576 bits per heavy atom. The molecule has 5 aromatic carbocycles. The van der Waals surface area contributed by atoms with Crippen LogP contribution in [0.4, 0.5) is 0 Å². The number of fused-ring (bicyclic) bond motifs is 8. The Labute approximate surface area is 195 Å². The zero-order chi connectivity index (χ0) is 22.3. The molecule has 0 N–H and O–H groups in total. The summed E-state index contributed by atoms with van der Waals surface area (Å²) in [6.45, 7) is 0. The van der Waals surface area contributed by atoms with Crippen LogP contribution < -0.4 is 0 Å². The number of aryl methyl sites for hydroxylation is 1. The smallest absolute Gasteiger partial charge is 0.0495 e. The summed E-state index contributed by atoms with van der Waals surface area (Å²) in [5.74, 6) is 0. The van der Waals surface area contributed by atoms with Crippen LogP contribution in [0.25, 0.3) is 54.8 Å². The van der Waals surface area contributed by atoms with Crippen LogP contribution in [0.3, 0.4) is 0 Å². The average Bonchev–Trinajstić information content (AvgIpc) is 3.28. The topological polar surface area (TPSA) is 4.93 Å². The minimum absolute atomic E-state index is 1.03. The number of rotatable bonds is 1. The standard InChI is InChI=1S/C31H25NS/c1-32-26-13-8-12-23(31(26)30-22-10-5-4-9-20(22)16-18-27(30)32)21-15-17-25-24-11-6-7-14-28(24)33(2,3)29(25)19-21/h4-19H,1-3H3. The summed E-state index contributed by atoms with van der Waals surface area (Å²) in [7, 11) is 1.16. The second kappa shape index (κ2) is 6.52. The van der Waals surface area contributed by atoms with Gasteiger partial charge < -0.3 is 4.57 Å². The Hall–Kier alpha value is -3.49. The van der Waals surface area contributed by atoms with Gasteiger partial charge >= 0.3 is 0 Å². The second-order valence-electron chi connectivity index (χ2n) is 9.47. The van der Waals surface area contributed by atoms with Gasteiger partial charge in [0.1, 0.15) is 0 Å².